The number of hydrogen-bond donors (Lipinski definition) is 22. The van der Waals surface area contributed by atoms with Gasteiger partial charge in [0.05, 0.1) is 30.7 Å². The Morgan fingerprint density at radius 3 is 1.18 bits per heavy atom. The van der Waals surface area contributed by atoms with Crippen LogP contribution in [0.2, 0.25) is 0 Å². The number of nitrogens with two attached hydrogens (primary N) is 7. The van der Waals surface area contributed by atoms with E-state index in [1.54, 1.807) is 34.6 Å². The van der Waals surface area contributed by atoms with E-state index in [1.807, 2.05) is 0 Å². The minimum Gasteiger partial charge on any atom is -0.481 e. The highest BCUT2D eigenvalue weighted by Gasteiger charge is 2.37. The van der Waals surface area contributed by atoms with Crippen LogP contribution in [0.25, 0.3) is 0 Å². The second-order valence-electron chi connectivity index (χ2n) is 26.5. The first kappa shape index (κ1) is 92.1. The van der Waals surface area contributed by atoms with E-state index in [2.05, 4.69) is 47.9 Å². The van der Waals surface area contributed by atoms with E-state index >= 15 is 0 Å². The number of Topliss-reactive ketones (excluding diaryl/α,β-unsaturated/α-hetero) is 5. The first-order valence-corrected chi connectivity index (χ1v) is 35.1. The van der Waals surface area contributed by atoms with Crippen LogP contribution >= 0.6 is 0 Å². The number of carbonyl (C=O) groups is 13. The molecule has 0 rings (SSSR count). The molecule has 11 atom stereocenters. The van der Waals surface area contributed by atoms with Crippen LogP contribution < -0.4 is 88.0 Å². The molecule has 0 aromatic carbocycles. The smallest absolute Gasteiger partial charge is 0.303 e. The predicted octanol–water partition coefficient (Wildman–Crippen LogP) is -0.827. The molecule has 0 bridgehead atoms. The number of primary amides is 1. The Labute approximate surface area is 592 Å². The van der Waals surface area contributed by atoms with Crippen LogP contribution in [0.5, 0.6) is 0 Å². The van der Waals surface area contributed by atoms with E-state index in [1.165, 1.54) is 0 Å². The number of carboxylic acids is 2. The van der Waals surface area contributed by atoms with E-state index in [0.717, 1.165) is 0 Å². The van der Waals surface area contributed by atoms with Crippen molar-refractivity contribution in [3.05, 3.63) is 0 Å². The minimum absolute atomic E-state index is 0.00623. The monoisotopic (exact) mass is 1430 g/mol. The summed E-state index contributed by atoms with van der Waals surface area (Å²) in [6.07, 6.45) is -0.00177. The Morgan fingerprint density at radius 1 is 0.386 bits per heavy atom. The van der Waals surface area contributed by atoms with E-state index in [9.17, 15) is 72.5 Å². The molecule has 0 aromatic heterocycles. The fourth-order valence-electron chi connectivity index (χ4n) is 11.3. The molecule has 0 aliphatic rings. The number of unbranched alkanes of at least 4 members (excludes halogenated alkanes) is 2. The van der Waals surface area contributed by atoms with E-state index < -0.39 is 187 Å². The number of ketones is 5. The number of hydrogen-bond acceptors (Lipinski definition) is 19. The van der Waals surface area contributed by atoms with Crippen molar-refractivity contribution in [1.29, 1.82) is 21.6 Å². The second kappa shape index (κ2) is 52.1. The van der Waals surface area contributed by atoms with Crippen molar-refractivity contribution in [3.63, 3.8) is 0 Å². The number of nitrogens with one attached hydrogen (secondary N) is 13. The summed E-state index contributed by atoms with van der Waals surface area (Å²) in [6.45, 7) is 9.17. The molecular weight excluding hydrogens is 1310 g/mol. The predicted molar refractivity (Wildman–Crippen MR) is 380 cm³/mol. The molecule has 0 unspecified atom stereocenters. The highest BCUT2D eigenvalue weighted by molar-refractivity contribution is 5.98. The summed E-state index contributed by atoms with van der Waals surface area (Å²) in [7, 11) is 0. The van der Waals surface area contributed by atoms with Crippen molar-refractivity contribution in [3.8, 4) is 0 Å². The van der Waals surface area contributed by atoms with Gasteiger partial charge in [-0.1, -0.05) is 53.9 Å². The molecular formula is C66H120N20O15. The molecule has 6 amide bonds. The molecule has 29 N–H and O–H groups in total. The minimum atomic E-state index is -1.37. The lowest BCUT2D eigenvalue weighted by atomic mass is 9.86. The molecule has 0 aliphatic heterocycles. The van der Waals surface area contributed by atoms with Gasteiger partial charge in [-0.25, -0.2) is 0 Å². The highest BCUT2D eigenvalue weighted by atomic mass is 16.4. The topological polar surface area (TPSA) is 648 Å². The molecule has 0 spiro atoms. The van der Waals surface area contributed by atoms with Crippen LogP contribution in [0.4, 0.5) is 0 Å². The van der Waals surface area contributed by atoms with Crippen molar-refractivity contribution < 1.29 is 72.5 Å². The normalized spacial score (nSPS) is 14.4. The lowest BCUT2D eigenvalue weighted by Crippen LogP contribution is -2.50. The quantitative estimate of drug-likeness (QED) is 0.0201. The van der Waals surface area contributed by atoms with Gasteiger partial charge in [-0.05, 0) is 121 Å². The molecule has 0 fully saturated rings. The summed E-state index contributed by atoms with van der Waals surface area (Å²) in [6, 6.07) is -5.06. The van der Waals surface area contributed by atoms with Gasteiger partial charge in [0.15, 0.2) is 52.8 Å². The summed E-state index contributed by atoms with van der Waals surface area (Å²) >= 11 is 0. The fraction of sp³-hybridized carbons (Fsp3) is 0.742. The number of guanidine groups is 4. The largest absolute Gasteiger partial charge is 0.481 e. The van der Waals surface area contributed by atoms with Gasteiger partial charge in [0.2, 0.25) is 35.4 Å². The van der Waals surface area contributed by atoms with Gasteiger partial charge in [-0.15, -0.1) is 0 Å². The zero-order valence-corrected chi connectivity index (χ0v) is 59.8. The van der Waals surface area contributed by atoms with Crippen molar-refractivity contribution in [2.45, 2.75) is 219 Å². The molecule has 35 heteroatoms. The van der Waals surface area contributed by atoms with Gasteiger partial charge < -0.3 is 98.2 Å². The lowest BCUT2D eigenvalue weighted by Gasteiger charge is -2.28. The average molecular weight is 1430 g/mol. The van der Waals surface area contributed by atoms with Crippen LogP contribution in [0.3, 0.4) is 0 Å². The molecule has 574 valence electrons. The van der Waals surface area contributed by atoms with Gasteiger partial charge in [-0.2, -0.15) is 0 Å². The van der Waals surface area contributed by atoms with E-state index in [-0.39, 0.29) is 140 Å². The van der Waals surface area contributed by atoms with Crippen LogP contribution in [0.1, 0.15) is 195 Å². The van der Waals surface area contributed by atoms with Crippen molar-refractivity contribution in [1.82, 2.24) is 47.9 Å². The Bertz CT molecular complexity index is 2740. The van der Waals surface area contributed by atoms with E-state index in [4.69, 9.17) is 61.8 Å². The number of aliphatic carboxylic acids is 2. The molecule has 0 aliphatic carbocycles. The summed E-state index contributed by atoms with van der Waals surface area (Å²) < 4.78 is 0. The number of carbonyl (C=O) groups excluding carboxylic acids is 11. The Morgan fingerprint density at radius 2 is 0.752 bits per heavy atom. The number of rotatable bonds is 60. The Balaban J connectivity index is 6.99. The summed E-state index contributed by atoms with van der Waals surface area (Å²) in [5.74, 6) is -18.4. The first-order chi connectivity index (χ1) is 47.6. The Kier molecular flexibility index (Phi) is 47.6. The fourth-order valence-corrected chi connectivity index (χ4v) is 11.3. The molecule has 0 saturated carbocycles. The number of carboxylic acid groups (broad SMARTS) is 2. The average Bonchev–Trinajstić information content (AvgIpc) is 0.862. The van der Waals surface area contributed by atoms with Crippen LogP contribution in [-0.4, -0.2) is 180 Å². The van der Waals surface area contributed by atoms with Crippen molar-refractivity contribution >= 4 is 100 Å². The SMILES string of the molecule is CC[C@H](C)[C@H](NC(=O)[C@H](CCCNC(=N)N)CC(=O)[C@H](CCC(=O)O)NC(=O)[C@@H](C)CCCCN)C(=O)C[C@@H](CCC(=O)O)C(=O)NCC(=O)C[C@@H](CC(C)C)C(=O)N[C@@H](CCCNC(=N)N)C(=O)C[C@@H](CCCCN)C(=O)N[C@@H](CCCNC(=N)N)C(=O)C[C@@H](CCCNC(=N)N)C(N)=O. The molecule has 101 heavy (non-hydrogen) atoms. The van der Waals surface area contributed by atoms with Crippen molar-refractivity contribution in [2.75, 3.05) is 45.8 Å². The molecule has 0 aromatic rings. The van der Waals surface area contributed by atoms with Crippen LogP contribution in [0.15, 0.2) is 0 Å². The zero-order chi connectivity index (χ0) is 76.7. The number of amides is 6. The third-order valence-corrected chi connectivity index (χ3v) is 17.3. The van der Waals surface area contributed by atoms with Crippen LogP contribution in [0, 0.1) is 69.0 Å². The first-order valence-electron chi connectivity index (χ1n) is 35.1. The maximum atomic E-state index is 14.6. The van der Waals surface area contributed by atoms with Crippen LogP contribution in [-0.2, 0) is 62.3 Å². The standard InChI is InChI=1S/C66H120N20O15/c1-6-39(4)56(86-61(100)43(18-12-28-79-64(72)73)35-52(90)49(22-24-55(94)95)83-58(97)40(5)15-7-9-25-67)53(91)36-44(21-23-54(92)93)59(98)82-37-46(87)32-45(31-38(2)3)62(101)85-48(20-14-30-81-66(76)77)51(89)34-42(16-8-10-26-68)60(99)84-47(19-13-29-80-65(74)75)50(88)33-41(57(69)96)17-11-27-78-63(70)71/h38-45,47-49,56H,6-37,67-68H2,1-5H3,(H2,69,96)(H,82,98)(H,83,97)(H,84,99)(H,85,101)(H,86,100)(H,92,93)(H,94,95)(H4,70,71,78)(H4,72,73,79)(H4,74,75,80)(H4,76,77,81)/t39-,40-,41+,42+,43+,44+,45+,47-,48-,49-,56-/m0/s1. The summed E-state index contributed by atoms with van der Waals surface area (Å²) in [5.41, 5.74) is 38.9. The highest BCUT2D eigenvalue weighted by Crippen LogP contribution is 2.25. The molecule has 0 saturated heterocycles. The van der Waals surface area contributed by atoms with Gasteiger partial charge >= 0.3 is 11.9 Å². The van der Waals surface area contributed by atoms with Gasteiger partial charge in [0.1, 0.15) is 0 Å². The van der Waals surface area contributed by atoms with Gasteiger partial charge in [0, 0.05) is 107 Å². The summed E-state index contributed by atoms with van der Waals surface area (Å²) in [5, 5.41) is 73.4. The zero-order valence-electron chi connectivity index (χ0n) is 59.8. The Hall–Kier alpha value is -8.89. The van der Waals surface area contributed by atoms with E-state index in [0.29, 0.717) is 51.5 Å². The van der Waals surface area contributed by atoms with Gasteiger partial charge in [0.25, 0.3) is 0 Å². The molecule has 0 heterocycles. The maximum absolute atomic E-state index is 14.6. The third kappa shape index (κ3) is 42.7. The molecule has 0 radical (unpaired) electrons. The molecule has 35 nitrogen and oxygen atoms in total. The maximum Gasteiger partial charge on any atom is 0.303 e. The third-order valence-electron chi connectivity index (χ3n) is 17.3. The van der Waals surface area contributed by atoms with Crippen molar-refractivity contribution in [2.24, 2.45) is 87.5 Å². The van der Waals surface area contributed by atoms with Gasteiger partial charge in [-0.3, -0.25) is 84.0 Å². The lowest BCUT2D eigenvalue weighted by molar-refractivity contribution is -0.139. The summed E-state index contributed by atoms with van der Waals surface area (Å²) in [4.78, 5) is 178. The second-order valence-corrected chi connectivity index (χ2v) is 26.5.